The predicted molar refractivity (Wildman–Crippen MR) is 216 cm³/mol. The van der Waals surface area contributed by atoms with Crippen LogP contribution in [-0.2, 0) is 75.6 Å². The molecule has 0 aromatic rings. The highest BCUT2D eigenvalue weighted by atomic mass is 31.2. The molecule has 0 aromatic heterocycles. The number of aliphatic hydroxyl groups is 10. The van der Waals surface area contributed by atoms with E-state index in [4.69, 9.17) is 69.1 Å². The zero-order valence-corrected chi connectivity index (χ0v) is 38.7. The van der Waals surface area contributed by atoms with Gasteiger partial charge in [0, 0.05) is 13.8 Å². The predicted octanol–water partition coefficient (Wildman–Crippen LogP) is -11.0. The first-order valence-electron chi connectivity index (χ1n) is 21.4. The SMILES string of the molecule is CC(=O)N[C@H]1[C@H](O[C@H]2[C@H](O)[C@@H](NC(C)=O)[C@H](O[C@H]3[C@@H](OP(=O)(O)O)O[C@H](C(N)=O)[C@@](C)(O)[C@@H]3OC(N)=O)O[C@@H]2CO[C@@H]2O[C@H](CO)[C@@H](O)[C@H](O)[C@H]2O)O[C@H](C)[C@@H](O[C@@H]2O[C@H](C(N)=O)[C@H](O)[C@H](O)[C@H]2O)[C@@H]1O. The summed E-state index contributed by atoms with van der Waals surface area (Å²) in [5.74, 6) is -4.60. The van der Waals surface area contributed by atoms with Crippen molar-refractivity contribution in [1.82, 2.24) is 10.6 Å². The molecule has 0 spiro atoms. The fraction of sp³-hybridized carbons (Fsp3) is 0.861. The average molecular weight is 1060 g/mol. The first-order valence-corrected chi connectivity index (χ1v) is 22.9. The van der Waals surface area contributed by atoms with Gasteiger partial charge in [0.2, 0.25) is 23.6 Å². The summed E-state index contributed by atoms with van der Waals surface area (Å²) in [5, 5.41) is 113. The highest BCUT2D eigenvalue weighted by Crippen LogP contribution is 2.45. The van der Waals surface area contributed by atoms with Gasteiger partial charge in [0.25, 0.3) is 0 Å². The molecule has 0 radical (unpaired) electrons. The molecule has 0 unspecified atom stereocenters. The molecule has 5 aliphatic rings. The summed E-state index contributed by atoms with van der Waals surface area (Å²) in [6, 6.07) is -3.77. The van der Waals surface area contributed by atoms with Gasteiger partial charge in [0.05, 0.1) is 19.3 Å². The molecule has 5 amide bonds. The third-order valence-electron chi connectivity index (χ3n) is 11.9. The van der Waals surface area contributed by atoms with Gasteiger partial charge in [-0.05, 0) is 13.8 Å². The van der Waals surface area contributed by atoms with E-state index in [9.17, 15) is 89.4 Å². The molecule has 5 heterocycles. The zero-order chi connectivity index (χ0) is 53.3. The van der Waals surface area contributed by atoms with Crippen molar-refractivity contribution in [2.75, 3.05) is 13.2 Å². The summed E-state index contributed by atoms with van der Waals surface area (Å²) < 4.78 is 73.7. The highest BCUT2D eigenvalue weighted by Gasteiger charge is 2.62. The van der Waals surface area contributed by atoms with Crippen LogP contribution in [-0.4, -0.2) is 257 Å². The smallest absolute Gasteiger partial charge is 0.440 e. The molecule has 5 aliphatic heterocycles. The van der Waals surface area contributed by atoms with Crippen molar-refractivity contribution in [2.24, 2.45) is 17.2 Å². The largest absolute Gasteiger partial charge is 0.472 e. The second kappa shape index (κ2) is 23.4. The Kier molecular flexibility index (Phi) is 19.2. The van der Waals surface area contributed by atoms with Gasteiger partial charge in [-0.2, -0.15) is 0 Å². The minimum absolute atomic E-state index is 0.805. The quantitative estimate of drug-likeness (QED) is 0.0602. The molecule has 5 fully saturated rings. The fourth-order valence-electron chi connectivity index (χ4n) is 8.49. The van der Waals surface area contributed by atoms with Crippen LogP contribution < -0.4 is 27.8 Å². The van der Waals surface area contributed by atoms with Gasteiger partial charge in [-0.25, -0.2) is 9.36 Å². The topological polar surface area (TPSA) is 549 Å². The molecule has 0 aliphatic carbocycles. The van der Waals surface area contributed by atoms with Crippen LogP contribution >= 0.6 is 7.82 Å². The Balaban J connectivity index is 1.55. The molecule has 5 rings (SSSR count). The van der Waals surface area contributed by atoms with Gasteiger partial charge >= 0.3 is 13.9 Å². The lowest BCUT2D eigenvalue weighted by Crippen LogP contribution is -2.72. The van der Waals surface area contributed by atoms with Crippen molar-refractivity contribution in [2.45, 2.75) is 181 Å². The van der Waals surface area contributed by atoms with E-state index in [0.29, 0.717) is 0 Å². The van der Waals surface area contributed by atoms with E-state index in [1.807, 2.05) is 0 Å². The number of hydrogen-bond donors (Lipinski definition) is 17. The minimum Gasteiger partial charge on any atom is -0.440 e. The van der Waals surface area contributed by atoms with E-state index in [1.165, 1.54) is 6.92 Å². The Morgan fingerprint density at radius 2 is 1.13 bits per heavy atom. The number of amides is 5. The van der Waals surface area contributed by atoms with E-state index >= 15 is 0 Å². The molecule has 0 aromatic carbocycles. The summed E-state index contributed by atoms with van der Waals surface area (Å²) >= 11 is 0. The zero-order valence-electron chi connectivity index (χ0n) is 37.8. The molecule has 0 saturated carbocycles. The Morgan fingerprint density at radius 3 is 1.65 bits per heavy atom. The second-order valence-electron chi connectivity index (χ2n) is 17.3. The van der Waals surface area contributed by atoms with Gasteiger partial charge in [0.1, 0.15) is 90.9 Å². The molecule has 5 saturated heterocycles. The molecule has 34 nitrogen and oxygen atoms in total. The number of carbonyl (C=O) groups is 5. The number of aliphatic hydroxyl groups excluding tert-OH is 9. The monoisotopic (exact) mass is 1060 g/mol. The van der Waals surface area contributed by atoms with Crippen LogP contribution in [0.25, 0.3) is 0 Å². The molecule has 35 heteroatoms. The summed E-state index contributed by atoms with van der Waals surface area (Å²) in [5.41, 5.74) is 13.1. The number of nitrogens with two attached hydrogens (primary N) is 3. The molecule has 20 N–H and O–H groups in total. The maximum atomic E-state index is 12.8. The average Bonchev–Trinajstić information content (AvgIpc) is 3.25. The van der Waals surface area contributed by atoms with Crippen molar-refractivity contribution in [3.63, 3.8) is 0 Å². The van der Waals surface area contributed by atoms with E-state index in [1.54, 1.807) is 0 Å². The van der Waals surface area contributed by atoms with E-state index in [-0.39, 0.29) is 0 Å². The Morgan fingerprint density at radius 1 is 0.620 bits per heavy atom. The lowest BCUT2D eigenvalue weighted by molar-refractivity contribution is -0.375. The van der Waals surface area contributed by atoms with E-state index in [0.717, 1.165) is 20.8 Å². The third kappa shape index (κ3) is 13.2. The number of carbonyl (C=O) groups excluding carboxylic acids is 5. The maximum Gasteiger partial charge on any atom is 0.472 e. The standard InChI is InChI=1S/C36H60N5O29P/c1-7-22(64-33-21(52)18(49)19(50)24(66-33)28(37)53)15(46)12(40-8(2)43)30(61-7)65-23-11(6-60-32-20(51)17(48)14(45)10(5-42)62-32)63-31(13(16(23)47)41-9(3)44)67-25-26(69-35(39)55)36(4,56)27(29(38)54)68-34(25)70-71(57,58)59/h7,10-27,30-34,42,45-52,56H,5-6H2,1-4H3,(H2,37,53)(H2,38,54)(H2,39,55)(H,40,43)(H,41,44)(H2,57,58,59)/t7-,10-,11-,12-,13-,14-,15-,16-,17+,18+,19-,20-,21-,22-,23-,24+,25-,26-,27-,30+,31+,32-,33-,34-,36+/m1/s1. The number of hydrogen-bond acceptors (Lipinski definition) is 27. The number of rotatable bonds is 17. The van der Waals surface area contributed by atoms with E-state index < -0.39 is 204 Å². The first-order chi connectivity index (χ1) is 32.9. The second-order valence-corrected chi connectivity index (χ2v) is 18.5. The summed E-state index contributed by atoms with van der Waals surface area (Å²) in [6.07, 6.45) is -46.2. The van der Waals surface area contributed by atoms with Crippen LogP contribution in [0, 0.1) is 0 Å². The summed E-state index contributed by atoms with van der Waals surface area (Å²) in [4.78, 5) is 81.6. The van der Waals surface area contributed by atoms with Crippen molar-refractivity contribution < 1.29 is 141 Å². The van der Waals surface area contributed by atoms with Gasteiger partial charge < -0.3 is 136 Å². The number of phosphoric ester groups is 1. The Bertz CT molecular complexity index is 1940. The highest BCUT2D eigenvalue weighted by molar-refractivity contribution is 7.46. The van der Waals surface area contributed by atoms with Crippen LogP contribution in [0.1, 0.15) is 27.7 Å². The maximum absolute atomic E-state index is 12.8. The van der Waals surface area contributed by atoms with Crippen molar-refractivity contribution >= 4 is 37.5 Å². The molecule has 25 atom stereocenters. The number of phosphoric acid groups is 1. The van der Waals surface area contributed by atoms with Gasteiger partial charge in [-0.1, -0.05) is 0 Å². The molecule has 71 heavy (non-hydrogen) atoms. The van der Waals surface area contributed by atoms with Crippen LogP contribution in [0.4, 0.5) is 4.79 Å². The van der Waals surface area contributed by atoms with Crippen molar-refractivity contribution in [3.8, 4) is 0 Å². The van der Waals surface area contributed by atoms with Crippen LogP contribution in [0.3, 0.4) is 0 Å². The van der Waals surface area contributed by atoms with Crippen LogP contribution in [0.15, 0.2) is 0 Å². The molecular weight excluding hydrogens is 997 g/mol. The van der Waals surface area contributed by atoms with Gasteiger partial charge in [-0.3, -0.25) is 23.7 Å². The minimum atomic E-state index is -5.72. The number of nitrogens with one attached hydrogen (secondary N) is 2. The number of primary amides is 3. The third-order valence-corrected chi connectivity index (χ3v) is 12.4. The Hall–Kier alpha value is -3.50. The lowest BCUT2D eigenvalue weighted by Gasteiger charge is -2.51. The normalized spacial score (nSPS) is 45.3. The van der Waals surface area contributed by atoms with Gasteiger partial charge in [0.15, 0.2) is 55.9 Å². The fourth-order valence-corrected chi connectivity index (χ4v) is 8.93. The first kappa shape index (κ1) is 58.4. The van der Waals surface area contributed by atoms with E-state index in [2.05, 4.69) is 10.6 Å². The lowest BCUT2D eigenvalue weighted by atomic mass is 9.85. The summed E-state index contributed by atoms with van der Waals surface area (Å²) in [7, 11) is -5.72. The molecule has 0 bridgehead atoms. The number of ether oxygens (including phenoxy) is 10. The Labute approximate surface area is 400 Å². The summed E-state index contributed by atoms with van der Waals surface area (Å²) in [6.45, 7) is 2.04. The van der Waals surface area contributed by atoms with Crippen molar-refractivity contribution in [3.05, 3.63) is 0 Å². The molecular formula is C36H60N5O29P. The van der Waals surface area contributed by atoms with Crippen LogP contribution in [0.2, 0.25) is 0 Å². The van der Waals surface area contributed by atoms with Crippen LogP contribution in [0.5, 0.6) is 0 Å². The van der Waals surface area contributed by atoms with Gasteiger partial charge in [-0.15, -0.1) is 0 Å². The van der Waals surface area contributed by atoms with Crippen molar-refractivity contribution in [1.29, 1.82) is 0 Å². The molecule has 408 valence electrons.